The van der Waals surface area contributed by atoms with Gasteiger partial charge in [0.05, 0.1) is 0 Å². The van der Waals surface area contributed by atoms with Crippen LogP contribution in [0.1, 0.15) is 11.1 Å². The minimum Gasteiger partial charge on any atom is -0.361 e. The van der Waals surface area contributed by atoms with Gasteiger partial charge in [-0.3, -0.25) is 0 Å². The Hall–Kier alpha value is -1.50. The van der Waals surface area contributed by atoms with Crippen LogP contribution in [0.25, 0.3) is 11.3 Å². The number of aromatic amines is 1. The quantitative estimate of drug-likeness (QED) is 0.677. The molecule has 2 aromatic rings. The molecule has 1 aromatic heterocycles. The molecule has 0 aliphatic carbocycles. The summed E-state index contributed by atoms with van der Waals surface area (Å²) in [5, 5.41) is 0. The highest BCUT2D eigenvalue weighted by Crippen LogP contribution is 2.18. The van der Waals surface area contributed by atoms with Crippen LogP contribution in [0.5, 0.6) is 0 Å². The van der Waals surface area contributed by atoms with Crippen molar-refractivity contribution in [3.8, 4) is 11.3 Å². The lowest BCUT2D eigenvalue weighted by Crippen LogP contribution is -1.76. The smallest absolute Gasteiger partial charge is 0.0456 e. The second kappa shape index (κ2) is 3.09. The summed E-state index contributed by atoms with van der Waals surface area (Å²) in [4.78, 5) is 3.24. The van der Waals surface area contributed by atoms with Gasteiger partial charge in [-0.25, -0.2) is 0 Å². The van der Waals surface area contributed by atoms with Crippen LogP contribution in [0.2, 0.25) is 0 Å². The Kier molecular flexibility index (Phi) is 1.93. The number of rotatable bonds is 1. The number of benzene rings is 1. The fraction of sp³-hybridized carbons (Fsp3) is 0.167. The van der Waals surface area contributed by atoms with Gasteiger partial charge in [0.2, 0.25) is 0 Å². The first-order valence-corrected chi connectivity index (χ1v) is 4.48. The van der Waals surface area contributed by atoms with E-state index in [1.165, 1.54) is 22.4 Å². The van der Waals surface area contributed by atoms with E-state index in [1.54, 1.807) is 0 Å². The van der Waals surface area contributed by atoms with Crippen LogP contribution in [-0.4, -0.2) is 4.98 Å². The van der Waals surface area contributed by atoms with Crippen molar-refractivity contribution in [2.24, 2.45) is 0 Å². The SMILES string of the molecule is Cc1ccc(-c2cc(C)c[nH]2)cc1. The van der Waals surface area contributed by atoms with Gasteiger partial charge in [0.15, 0.2) is 0 Å². The summed E-state index contributed by atoms with van der Waals surface area (Å²) in [6, 6.07) is 10.7. The van der Waals surface area contributed by atoms with Crippen LogP contribution in [0.15, 0.2) is 36.5 Å². The fourth-order valence-corrected chi connectivity index (χ4v) is 1.40. The molecular weight excluding hydrogens is 158 g/mol. The topological polar surface area (TPSA) is 15.8 Å². The molecule has 0 radical (unpaired) electrons. The third-order valence-electron chi connectivity index (χ3n) is 2.19. The number of H-pyrrole nitrogens is 1. The molecule has 13 heavy (non-hydrogen) atoms. The van der Waals surface area contributed by atoms with E-state index in [0.29, 0.717) is 0 Å². The van der Waals surface area contributed by atoms with Crippen LogP contribution in [0, 0.1) is 13.8 Å². The van der Waals surface area contributed by atoms with E-state index in [2.05, 4.69) is 49.2 Å². The van der Waals surface area contributed by atoms with E-state index < -0.39 is 0 Å². The van der Waals surface area contributed by atoms with Gasteiger partial charge in [-0.05, 0) is 31.0 Å². The highest BCUT2D eigenvalue weighted by atomic mass is 14.7. The summed E-state index contributed by atoms with van der Waals surface area (Å²) in [6.07, 6.45) is 2.02. The van der Waals surface area contributed by atoms with Gasteiger partial charge in [-0.1, -0.05) is 29.8 Å². The Morgan fingerprint density at radius 2 is 1.62 bits per heavy atom. The predicted molar refractivity (Wildman–Crippen MR) is 55.7 cm³/mol. The lowest BCUT2D eigenvalue weighted by Gasteiger charge is -1.97. The Bertz CT molecular complexity index is 395. The molecule has 0 saturated heterocycles. The largest absolute Gasteiger partial charge is 0.361 e. The zero-order valence-electron chi connectivity index (χ0n) is 7.96. The first-order chi connectivity index (χ1) is 6.25. The van der Waals surface area contributed by atoms with Crippen LogP contribution in [-0.2, 0) is 0 Å². The van der Waals surface area contributed by atoms with Crippen molar-refractivity contribution in [1.29, 1.82) is 0 Å². The Labute approximate surface area is 78.4 Å². The number of hydrogen-bond donors (Lipinski definition) is 1. The molecule has 1 nitrogen and oxygen atoms in total. The molecule has 66 valence electrons. The molecule has 0 aliphatic rings. The molecule has 1 heterocycles. The molecule has 1 N–H and O–H groups in total. The number of aryl methyl sites for hydroxylation is 2. The molecule has 0 aliphatic heterocycles. The average Bonchev–Trinajstić information content (AvgIpc) is 2.53. The molecule has 1 aromatic carbocycles. The van der Waals surface area contributed by atoms with Crippen molar-refractivity contribution in [3.63, 3.8) is 0 Å². The van der Waals surface area contributed by atoms with E-state index in [1.807, 2.05) is 6.20 Å². The summed E-state index contributed by atoms with van der Waals surface area (Å²) < 4.78 is 0. The first kappa shape index (κ1) is 8.11. The normalized spacial score (nSPS) is 10.3. The lowest BCUT2D eigenvalue weighted by molar-refractivity contribution is 1.37. The van der Waals surface area contributed by atoms with E-state index >= 15 is 0 Å². The maximum atomic E-state index is 3.24. The van der Waals surface area contributed by atoms with Crippen LogP contribution < -0.4 is 0 Å². The number of hydrogen-bond acceptors (Lipinski definition) is 0. The first-order valence-electron chi connectivity index (χ1n) is 4.48. The van der Waals surface area contributed by atoms with E-state index in [9.17, 15) is 0 Å². The van der Waals surface area contributed by atoms with Gasteiger partial charge in [0, 0.05) is 11.9 Å². The second-order valence-corrected chi connectivity index (χ2v) is 3.46. The molecule has 1 heteroatoms. The van der Waals surface area contributed by atoms with E-state index in [4.69, 9.17) is 0 Å². The Morgan fingerprint density at radius 3 is 2.15 bits per heavy atom. The Balaban J connectivity index is 2.41. The summed E-state index contributed by atoms with van der Waals surface area (Å²) in [6.45, 7) is 4.19. The lowest BCUT2D eigenvalue weighted by atomic mass is 10.1. The molecule has 0 unspecified atom stereocenters. The van der Waals surface area contributed by atoms with E-state index in [0.717, 1.165) is 0 Å². The van der Waals surface area contributed by atoms with Crippen LogP contribution in [0.4, 0.5) is 0 Å². The maximum Gasteiger partial charge on any atom is 0.0456 e. The molecule has 2 rings (SSSR count). The Morgan fingerprint density at radius 1 is 0.923 bits per heavy atom. The third-order valence-corrected chi connectivity index (χ3v) is 2.19. The van der Waals surface area contributed by atoms with E-state index in [-0.39, 0.29) is 0 Å². The summed E-state index contributed by atoms with van der Waals surface area (Å²) >= 11 is 0. The second-order valence-electron chi connectivity index (χ2n) is 3.46. The minimum atomic E-state index is 1.19. The molecule has 0 bridgehead atoms. The van der Waals surface area contributed by atoms with Gasteiger partial charge in [0.1, 0.15) is 0 Å². The monoisotopic (exact) mass is 171 g/mol. The van der Waals surface area contributed by atoms with Crippen LogP contribution >= 0.6 is 0 Å². The average molecular weight is 171 g/mol. The maximum absolute atomic E-state index is 3.24. The minimum absolute atomic E-state index is 1.19. The van der Waals surface area contributed by atoms with Crippen molar-refractivity contribution in [2.45, 2.75) is 13.8 Å². The predicted octanol–water partition coefficient (Wildman–Crippen LogP) is 3.30. The summed E-state index contributed by atoms with van der Waals surface area (Å²) in [7, 11) is 0. The highest BCUT2D eigenvalue weighted by molar-refractivity contribution is 5.60. The number of aromatic nitrogens is 1. The van der Waals surface area contributed by atoms with Crippen molar-refractivity contribution in [1.82, 2.24) is 4.98 Å². The van der Waals surface area contributed by atoms with Gasteiger partial charge < -0.3 is 4.98 Å². The van der Waals surface area contributed by atoms with Crippen molar-refractivity contribution < 1.29 is 0 Å². The molecule has 0 spiro atoms. The zero-order chi connectivity index (χ0) is 9.26. The molecule has 0 fully saturated rings. The van der Waals surface area contributed by atoms with Gasteiger partial charge in [0.25, 0.3) is 0 Å². The highest BCUT2D eigenvalue weighted by Gasteiger charge is 1.97. The van der Waals surface area contributed by atoms with Gasteiger partial charge in [-0.2, -0.15) is 0 Å². The van der Waals surface area contributed by atoms with Crippen molar-refractivity contribution in [3.05, 3.63) is 47.7 Å². The van der Waals surface area contributed by atoms with Crippen LogP contribution in [0.3, 0.4) is 0 Å². The fourth-order valence-electron chi connectivity index (χ4n) is 1.40. The molecule has 0 amide bonds. The molecule has 0 saturated carbocycles. The standard InChI is InChI=1S/C12H13N/c1-9-3-5-11(6-4-9)12-7-10(2)8-13-12/h3-8,13H,1-2H3. The summed E-state index contributed by atoms with van der Waals surface area (Å²) in [5.74, 6) is 0. The molecular formula is C12H13N. The zero-order valence-corrected chi connectivity index (χ0v) is 7.96. The third kappa shape index (κ3) is 1.64. The molecule has 0 atom stereocenters. The van der Waals surface area contributed by atoms with Crippen molar-refractivity contribution in [2.75, 3.05) is 0 Å². The van der Waals surface area contributed by atoms with Gasteiger partial charge in [-0.15, -0.1) is 0 Å². The summed E-state index contributed by atoms with van der Waals surface area (Å²) in [5.41, 5.74) is 5.01. The van der Waals surface area contributed by atoms with Gasteiger partial charge >= 0.3 is 0 Å². The number of nitrogens with one attached hydrogen (secondary N) is 1. The van der Waals surface area contributed by atoms with Crippen molar-refractivity contribution >= 4 is 0 Å².